The lowest BCUT2D eigenvalue weighted by atomic mass is 10.0. The number of carboxylic acids is 1. The van der Waals surface area contributed by atoms with Crippen LogP contribution in [0.4, 0.5) is 0 Å². The molecule has 0 bridgehead atoms. The van der Waals surface area contributed by atoms with Crippen molar-refractivity contribution in [2.24, 2.45) is 11.5 Å². The molecule has 13 N–H and O–H groups in total. The molecule has 65 heavy (non-hydrogen) atoms. The molecule has 1 saturated heterocycles. The third kappa shape index (κ3) is 15.1. The van der Waals surface area contributed by atoms with Gasteiger partial charge < -0.3 is 58.6 Å². The van der Waals surface area contributed by atoms with Crippen molar-refractivity contribution in [1.82, 2.24) is 36.9 Å². The molecule has 2 heterocycles. The van der Waals surface area contributed by atoms with E-state index in [2.05, 4.69) is 36.9 Å². The second-order valence-electron chi connectivity index (χ2n) is 15.8. The summed E-state index contributed by atoms with van der Waals surface area (Å²) in [6.45, 7) is 1.53. The van der Waals surface area contributed by atoms with Gasteiger partial charge in [-0.1, -0.05) is 100 Å². The first-order valence-corrected chi connectivity index (χ1v) is 23.8. The molecule has 348 valence electrons. The number of fused-ring (bicyclic) bond motifs is 1. The van der Waals surface area contributed by atoms with Crippen LogP contribution in [0.2, 0.25) is 0 Å². The number of aliphatic hydroxyl groups excluding tert-OH is 1. The monoisotopic (exact) mass is 931 g/mol. The summed E-state index contributed by atoms with van der Waals surface area (Å²) in [5.41, 5.74) is 14.9. The number of nitrogens with two attached hydrogens (primary N) is 2. The lowest BCUT2D eigenvalue weighted by Crippen LogP contribution is -2.61. The van der Waals surface area contributed by atoms with Gasteiger partial charge >= 0.3 is 5.97 Å². The molecule has 5 rings (SSSR count). The quantitative estimate of drug-likeness (QED) is 0.0605. The van der Waals surface area contributed by atoms with Crippen molar-refractivity contribution in [3.05, 3.63) is 108 Å². The lowest BCUT2D eigenvalue weighted by molar-refractivity contribution is -0.142. The van der Waals surface area contributed by atoms with E-state index in [1.54, 1.807) is 48.7 Å². The van der Waals surface area contributed by atoms with E-state index in [1.807, 2.05) is 42.5 Å². The average molecular weight is 932 g/mol. The summed E-state index contributed by atoms with van der Waals surface area (Å²) in [7, 11) is 2.01. The van der Waals surface area contributed by atoms with Crippen LogP contribution in [0.1, 0.15) is 42.9 Å². The number of unbranched alkanes of at least 4 members (excludes halogenated alkanes) is 1. The number of amides is 6. The summed E-state index contributed by atoms with van der Waals surface area (Å²) in [6, 6.07) is 15.8. The van der Waals surface area contributed by atoms with Crippen LogP contribution in [0.3, 0.4) is 0 Å². The van der Waals surface area contributed by atoms with Crippen molar-refractivity contribution in [3.63, 3.8) is 0 Å². The molecule has 0 aliphatic carbocycles. The van der Waals surface area contributed by atoms with Crippen molar-refractivity contribution in [3.8, 4) is 0 Å². The van der Waals surface area contributed by atoms with Gasteiger partial charge in [-0.2, -0.15) is 0 Å². The number of aromatic amines is 1. The molecule has 0 spiro atoms. The van der Waals surface area contributed by atoms with E-state index < -0.39 is 89.8 Å². The molecule has 20 heteroatoms. The van der Waals surface area contributed by atoms with E-state index in [1.165, 1.54) is 6.92 Å². The van der Waals surface area contributed by atoms with Gasteiger partial charge in [0.05, 0.1) is 12.1 Å². The number of carbonyl (C=O) groups is 7. The number of aliphatic carboxylic acids is 1. The predicted octanol–water partition coefficient (Wildman–Crippen LogP) is 0.421. The highest BCUT2D eigenvalue weighted by Gasteiger charge is 2.36. The summed E-state index contributed by atoms with van der Waals surface area (Å²) in [5.74, 6) is -6.57. The smallest absolute Gasteiger partial charge is 0.327 e. The van der Waals surface area contributed by atoms with Crippen LogP contribution < -0.4 is 43.4 Å². The van der Waals surface area contributed by atoms with Gasteiger partial charge in [-0.3, -0.25) is 28.8 Å². The lowest BCUT2D eigenvalue weighted by Gasteiger charge is -2.28. The second-order valence-corrected chi connectivity index (χ2v) is 18.3. The first-order chi connectivity index (χ1) is 31.2. The maximum absolute atomic E-state index is 14.6. The molecule has 0 saturated carbocycles. The zero-order chi connectivity index (χ0) is 46.9. The number of hydrogen-bond donors (Lipinski definition) is 11. The van der Waals surface area contributed by atoms with E-state index in [0.717, 1.165) is 38.1 Å². The topological polar surface area (TPSA) is 300 Å². The third-order valence-corrected chi connectivity index (χ3v) is 13.1. The van der Waals surface area contributed by atoms with Gasteiger partial charge in [0.2, 0.25) is 35.4 Å². The number of aliphatic hydroxyl groups is 1. The second kappa shape index (κ2) is 24.9. The van der Waals surface area contributed by atoms with E-state index >= 15 is 0 Å². The minimum absolute atomic E-state index is 0.0270. The number of nitrogens with one attached hydrogen (secondary N) is 7. The Morgan fingerprint density at radius 2 is 1.31 bits per heavy atom. The van der Waals surface area contributed by atoms with E-state index in [0.29, 0.717) is 24.0 Å². The largest absolute Gasteiger partial charge is 0.480 e. The van der Waals surface area contributed by atoms with E-state index in [4.69, 9.17) is 11.5 Å². The molecule has 1 fully saturated rings. The molecule has 4 aromatic rings. The highest BCUT2D eigenvalue weighted by atomic mass is 33.1. The van der Waals surface area contributed by atoms with Gasteiger partial charge in [0.25, 0.3) is 0 Å². The molecule has 18 nitrogen and oxygen atoms in total. The Morgan fingerprint density at radius 1 is 0.723 bits per heavy atom. The number of hydrogen-bond acceptors (Lipinski definition) is 12. The molecule has 0 unspecified atom stereocenters. The van der Waals surface area contributed by atoms with Gasteiger partial charge in [-0.25, -0.2) is 4.79 Å². The third-order valence-electron chi connectivity index (χ3n) is 10.7. The Bertz CT molecular complexity index is 2250. The Kier molecular flexibility index (Phi) is 19.2. The van der Waals surface area contributed by atoms with Crippen molar-refractivity contribution in [2.45, 2.75) is 93.8 Å². The molecular formula is C45H57N9O9S2. The van der Waals surface area contributed by atoms with Crippen molar-refractivity contribution < 1.29 is 43.8 Å². The number of aromatic nitrogens is 1. The van der Waals surface area contributed by atoms with Crippen LogP contribution in [0.15, 0.2) is 91.1 Å². The van der Waals surface area contributed by atoms with Crippen LogP contribution >= 0.6 is 21.6 Å². The van der Waals surface area contributed by atoms with Gasteiger partial charge in [0.1, 0.15) is 36.3 Å². The number of H-pyrrole nitrogens is 1. The van der Waals surface area contributed by atoms with E-state index in [-0.39, 0.29) is 43.7 Å². The molecule has 6 amide bonds. The minimum Gasteiger partial charge on any atom is -0.480 e. The molecule has 3 aromatic carbocycles. The highest BCUT2D eigenvalue weighted by Crippen LogP contribution is 2.24. The van der Waals surface area contributed by atoms with Crippen LogP contribution in [-0.2, 0) is 52.8 Å². The standard InChI is InChI=1S/C45H57N9O9S2/c1-26(55)38-44(61)53-37(45(62)63)25-65-64-24-36(52-39(56)31(47)20-27-12-4-2-5-13-27)43(60)50-34(21-28-14-6-3-7-15-28)41(58)51-35(22-29-23-48-32-17-9-8-16-30(29)32)42(59)49-33(40(57)54-38)18-10-11-19-46/h2-9,12-17,23,26,31,33-38,48,55H,10-11,18-22,24-25,46-47H2,1H3,(H,49,59)(H,50,60)(H,51,58)(H,52,56)(H,53,61)(H,54,57)(H,62,63)/t26-,31-,33+,34+,35-,36+,37+,38+/m1/s1. The van der Waals surface area contributed by atoms with Crippen LogP contribution in [0, 0.1) is 0 Å². The fourth-order valence-corrected chi connectivity index (χ4v) is 9.44. The van der Waals surface area contributed by atoms with Crippen molar-refractivity contribution in [1.29, 1.82) is 0 Å². The number of carbonyl (C=O) groups excluding carboxylic acids is 6. The average Bonchev–Trinajstić information content (AvgIpc) is 3.70. The van der Waals surface area contributed by atoms with Crippen molar-refractivity contribution >= 4 is 73.9 Å². The predicted molar refractivity (Wildman–Crippen MR) is 249 cm³/mol. The van der Waals surface area contributed by atoms with Gasteiger partial charge in [0, 0.05) is 41.4 Å². The van der Waals surface area contributed by atoms with Crippen LogP contribution in [0.25, 0.3) is 10.9 Å². The Hall–Kier alpha value is -5.93. The van der Waals surface area contributed by atoms with E-state index in [9.17, 15) is 43.8 Å². The molecule has 1 aliphatic rings. The summed E-state index contributed by atoms with van der Waals surface area (Å²) < 4.78 is 0. The van der Waals surface area contributed by atoms with Crippen LogP contribution in [-0.4, -0.2) is 123 Å². The fourth-order valence-electron chi connectivity index (χ4n) is 7.12. The first kappa shape index (κ1) is 50.1. The maximum atomic E-state index is 14.6. The Labute approximate surface area is 384 Å². The first-order valence-electron chi connectivity index (χ1n) is 21.3. The number of benzene rings is 3. The number of rotatable bonds is 14. The van der Waals surface area contributed by atoms with Gasteiger partial charge in [-0.15, -0.1) is 0 Å². The number of para-hydroxylation sites is 1. The molecule has 1 aliphatic heterocycles. The summed E-state index contributed by atoms with van der Waals surface area (Å²) in [6.07, 6.45) is 1.17. The Morgan fingerprint density at radius 3 is 1.97 bits per heavy atom. The van der Waals surface area contributed by atoms with Crippen molar-refractivity contribution in [2.75, 3.05) is 18.1 Å². The molecule has 0 radical (unpaired) electrons. The SMILES string of the molecule is C[C@@H](O)[C@@H]1NC(=O)[C@H](CCCCN)NC(=O)[C@@H](Cc2c[nH]c3ccccc23)NC(=O)[C@H](Cc2ccccc2)NC(=O)[C@@H](NC(=O)[C@H](N)Cc2ccccc2)CSSC[C@@H](C(=O)O)NC1=O. The van der Waals surface area contributed by atoms with Crippen LogP contribution in [0.5, 0.6) is 0 Å². The Balaban J connectivity index is 1.53. The number of carboxylic acid groups (broad SMARTS) is 1. The summed E-state index contributed by atoms with van der Waals surface area (Å²) >= 11 is 0. The maximum Gasteiger partial charge on any atom is 0.327 e. The van der Waals surface area contributed by atoms with Gasteiger partial charge in [-0.05, 0) is 61.9 Å². The highest BCUT2D eigenvalue weighted by molar-refractivity contribution is 8.76. The minimum atomic E-state index is -1.63. The zero-order valence-corrected chi connectivity index (χ0v) is 37.5. The summed E-state index contributed by atoms with van der Waals surface area (Å²) in [4.78, 5) is 100. The molecule has 1 aromatic heterocycles. The van der Waals surface area contributed by atoms with Gasteiger partial charge in [0.15, 0.2) is 0 Å². The zero-order valence-electron chi connectivity index (χ0n) is 35.9. The molecular weight excluding hydrogens is 875 g/mol. The summed E-state index contributed by atoms with van der Waals surface area (Å²) in [5, 5.41) is 37.4. The normalized spacial score (nSPS) is 22.9. The fraction of sp³-hybridized carbons (Fsp3) is 0.400. The molecule has 8 atom stereocenters.